The Kier molecular flexibility index (Phi) is 12.1. The Morgan fingerprint density at radius 3 is 0.918 bits per heavy atom. The van der Waals surface area contributed by atoms with E-state index >= 15 is 0 Å². The Morgan fingerprint density at radius 2 is 0.571 bits per heavy atom. The van der Waals surface area contributed by atoms with Crippen molar-refractivity contribution in [3.8, 4) is 46.0 Å². The molecule has 0 aliphatic carbocycles. The second-order valence-corrected chi connectivity index (χ2v) is 28.1. The normalized spacial score (nSPS) is 13.4. The highest BCUT2D eigenvalue weighted by Gasteiger charge is 2.50. The maximum Gasteiger partial charge on any atom is 0.273 e. The van der Waals surface area contributed by atoms with E-state index in [2.05, 4.69) is 330 Å². The van der Waals surface area contributed by atoms with Crippen molar-refractivity contribution in [3.63, 3.8) is 0 Å². The second-order valence-electron chi connectivity index (χ2n) is 25.9. The van der Waals surface area contributed by atoms with Crippen LogP contribution in [-0.4, -0.2) is 34.2 Å². The molecule has 15 aromatic rings. The summed E-state index contributed by atoms with van der Waals surface area (Å²) in [6.07, 6.45) is 0. The molecule has 0 amide bonds. The molecule has 0 bridgehead atoms. The van der Waals surface area contributed by atoms with Gasteiger partial charge >= 0.3 is 0 Å². The summed E-state index contributed by atoms with van der Waals surface area (Å²) < 4.78 is 34.5. The molecule has 2 aromatic heterocycles. The van der Waals surface area contributed by atoms with Crippen molar-refractivity contribution in [1.82, 2.24) is 0 Å². The highest BCUT2D eigenvalue weighted by Crippen LogP contribution is 2.51. The average Bonchev–Trinajstić information content (AvgIpc) is 0.823. The molecule has 0 spiro atoms. The predicted molar refractivity (Wildman–Crippen MR) is 410 cm³/mol. The maximum absolute atomic E-state index is 7.56. The smallest absolute Gasteiger partial charge is 0.273 e. The van der Waals surface area contributed by atoms with Crippen LogP contribution in [0, 0.1) is 0 Å². The molecule has 6 aliphatic heterocycles. The second kappa shape index (κ2) is 21.3. The minimum atomic E-state index is -0.241. The molecular weight excluding hydrogens is 1240 g/mol. The summed E-state index contributed by atoms with van der Waals surface area (Å²) in [5.74, 6) is 6.53. The minimum absolute atomic E-state index is 0.208. The Balaban J connectivity index is 0.801. The van der Waals surface area contributed by atoms with Crippen LogP contribution in [0.15, 0.2) is 291 Å². The molecule has 460 valence electrons. The first-order valence-electron chi connectivity index (χ1n) is 33.2. The van der Waals surface area contributed by atoms with Gasteiger partial charge in [0.2, 0.25) is 0 Å². The molecule has 0 unspecified atom stereocenters. The summed E-state index contributed by atoms with van der Waals surface area (Å²) in [5.41, 5.74) is 21.4. The number of rotatable bonds is 9. The van der Waals surface area contributed by atoms with Crippen LogP contribution >= 0.6 is 22.7 Å². The third-order valence-electron chi connectivity index (χ3n) is 20.6. The van der Waals surface area contributed by atoms with Crippen LogP contribution in [0.25, 0.3) is 20.2 Å². The van der Waals surface area contributed by atoms with Crippen molar-refractivity contribution in [1.29, 1.82) is 0 Å². The summed E-state index contributed by atoms with van der Waals surface area (Å²) in [6.45, 7) is -0.656. The molecule has 6 aliphatic rings. The maximum atomic E-state index is 7.56. The zero-order chi connectivity index (χ0) is 64.4. The lowest BCUT2D eigenvalue weighted by Gasteiger charge is -2.44. The number of benzene rings is 13. The van der Waals surface area contributed by atoms with Crippen molar-refractivity contribution in [2.75, 3.05) is 38.6 Å². The summed E-state index contributed by atoms with van der Waals surface area (Å²) in [4.78, 5) is 11.8. The first-order valence-corrected chi connectivity index (χ1v) is 34.9. The number of para-hydroxylation sites is 6. The van der Waals surface area contributed by atoms with Crippen LogP contribution in [0.1, 0.15) is 0 Å². The van der Waals surface area contributed by atoms with Crippen molar-refractivity contribution < 1.29 is 18.9 Å². The van der Waals surface area contributed by atoms with Gasteiger partial charge in [-0.2, -0.15) is 0 Å². The van der Waals surface area contributed by atoms with E-state index in [4.69, 9.17) is 18.9 Å². The topological polar surface area (TPSA) is 53.1 Å². The van der Waals surface area contributed by atoms with Crippen LogP contribution in [0.2, 0.25) is 0 Å². The van der Waals surface area contributed by atoms with Gasteiger partial charge in [-0.3, -0.25) is 0 Å². The third kappa shape index (κ3) is 8.22. The van der Waals surface area contributed by atoms with Gasteiger partial charge in [-0.05, 0) is 137 Å². The van der Waals surface area contributed by atoms with Crippen molar-refractivity contribution >= 4 is 185 Å². The molecule has 21 rings (SSSR count). The lowest BCUT2D eigenvalue weighted by atomic mass is 9.30. The number of fused-ring (bicyclic) bond motifs is 16. The Hall–Kier alpha value is -11.8. The van der Waals surface area contributed by atoms with Gasteiger partial charge in [-0.25, -0.2) is 0 Å². The van der Waals surface area contributed by atoms with E-state index in [0.29, 0.717) is 0 Å². The van der Waals surface area contributed by atoms with Crippen LogP contribution < -0.4 is 91.2 Å². The summed E-state index contributed by atoms with van der Waals surface area (Å²) in [6, 6.07) is 104. The van der Waals surface area contributed by atoms with Gasteiger partial charge in [-0.15, -0.1) is 22.7 Å². The number of nitrogens with zero attached hydrogens (tertiary/aromatic N) is 5. The van der Waals surface area contributed by atoms with Crippen molar-refractivity contribution in [3.05, 3.63) is 291 Å². The zero-order valence-electron chi connectivity index (χ0n) is 53.1. The quantitative estimate of drug-likeness (QED) is 0.132. The predicted octanol–water partition coefficient (Wildman–Crippen LogP) is 16.7. The molecule has 9 nitrogen and oxygen atoms in total. The van der Waals surface area contributed by atoms with E-state index in [1.807, 2.05) is 22.7 Å². The van der Waals surface area contributed by atoms with Gasteiger partial charge in [0, 0.05) is 148 Å². The van der Waals surface area contributed by atoms with Gasteiger partial charge in [0.05, 0.1) is 17.1 Å². The van der Waals surface area contributed by atoms with Crippen LogP contribution in [0.4, 0.5) is 73.9 Å². The van der Waals surface area contributed by atoms with Crippen LogP contribution in [0.5, 0.6) is 46.0 Å². The first kappa shape index (κ1) is 55.5. The molecular formula is C84H54B3N5O4S2. The van der Waals surface area contributed by atoms with Gasteiger partial charge in [0.15, 0.2) is 0 Å². The minimum Gasteiger partial charge on any atom is -0.458 e. The van der Waals surface area contributed by atoms with Gasteiger partial charge < -0.3 is 43.4 Å². The first-order chi connectivity index (χ1) is 48.4. The van der Waals surface area contributed by atoms with Crippen LogP contribution in [0.3, 0.4) is 0 Å². The largest absolute Gasteiger partial charge is 0.458 e. The van der Waals surface area contributed by atoms with Crippen LogP contribution in [-0.2, 0) is 0 Å². The monoisotopic (exact) mass is 1290 g/mol. The van der Waals surface area contributed by atoms with E-state index in [-0.39, 0.29) is 20.1 Å². The number of hydrogen-bond donors (Lipinski definition) is 0. The summed E-state index contributed by atoms with van der Waals surface area (Å²) in [7, 11) is 4.48. The molecule has 98 heavy (non-hydrogen) atoms. The van der Waals surface area contributed by atoms with E-state index in [0.717, 1.165) is 153 Å². The lowest BCUT2D eigenvalue weighted by molar-refractivity contribution is 0.467. The molecule has 13 aromatic carbocycles. The highest BCUT2D eigenvalue weighted by molar-refractivity contribution is 7.33. The fraction of sp³-hybridized carbons (Fsp3) is 0.0238. The van der Waals surface area contributed by atoms with Gasteiger partial charge in [0.1, 0.15) is 46.0 Å². The molecule has 0 atom stereocenters. The molecule has 0 N–H and O–H groups in total. The SMILES string of the molecule is CN1c2cc3c(cc2B2c4cc5c(cc4N(C)c4cc(N(c6ccccc6)c6ccccc6)cc1c42)Oc1cc(N(c2ccccc2)c2ccccc2)cc2c1B5c1sc4ccccc4c1O2)B1c2sc4ccccc4c2Oc2cc(N(c4ccccc4)c4ccccc4)cc(c21)O3. The molecule has 0 saturated carbocycles. The average molecular weight is 1290 g/mol. The summed E-state index contributed by atoms with van der Waals surface area (Å²) in [5, 5.41) is 2.20. The Bertz CT molecular complexity index is 5380. The lowest BCUT2D eigenvalue weighted by Crippen LogP contribution is -2.65. The fourth-order valence-corrected chi connectivity index (χ4v) is 18.9. The third-order valence-corrected chi connectivity index (χ3v) is 23.0. The fourth-order valence-electron chi connectivity index (χ4n) is 16.3. The number of anilines is 13. The van der Waals surface area contributed by atoms with E-state index in [1.54, 1.807) is 0 Å². The van der Waals surface area contributed by atoms with E-state index < -0.39 is 0 Å². The molecule has 8 heterocycles. The molecule has 0 fully saturated rings. The highest BCUT2D eigenvalue weighted by atomic mass is 32.1. The molecule has 0 radical (unpaired) electrons. The number of thiophene rings is 2. The van der Waals surface area contributed by atoms with E-state index in [9.17, 15) is 0 Å². The number of ether oxygens (including phenoxy) is 4. The van der Waals surface area contributed by atoms with Crippen molar-refractivity contribution in [2.24, 2.45) is 0 Å². The van der Waals surface area contributed by atoms with Gasteiger partial charge in [0.25, 0.3) is 20.1 Å². The zero-order valence-corrected chi connectivity index (χ0v) is 54.8. The summed E-state index contributed by atoms with van der Waals surface area (Å²) >= 11 is 3.64. The van der Waals surface area contributed by atoms with E-state index in [1.165, 1.54) is 35.3 Å². The van der Waals surface area contributed by atoms with Crippen molar-refractivity contribution in [2.45, 2.75) is 0 Å². The molecule has 14 heteroatoms. The van der Waals surface area contributed by atoms with Gasteiger partial charge in [-0.1, -0.05) is 146 Å². The number of hydrogen-bond acceptors (Lipinski definition) is 11. The Morgan fingerprint density at radius 1 is 0.265 bits per heavy atom. The Labute approximate surface area is 575 Å². The standard InChI is InChI=1S/C84H54B3N5O4S2/c1-88-66-49-70-64(86-79-72(93-70)43-58(91(53-29-13-5-14-30-53)54-31-15-6-16-32-54)45-74(79)95-81-60-37-21-23-39-76(60)97-83(81)86)47-62(66)85-63-48-65-71(50-67(63)89(2)69-42-57(41-68(88)78(69)85)90(51-25-9-3-10-26-51)52-27-11-4-12-28-52)94-73-44-59(92(55-33-17-7-18-34-55)56-35-19-8-20-36-56)46-75-80(73)87(65)84-82(96-75)61-38-22-24-40-77(61)98-84/h3-50H,1-2H3. The molecule has 0 saturated heterocycles.